The summed E-state index contributed by atoms with van der Waals surface area (Å²) in [5.41, 5.74) is 1.11. The van der Waals surface area contributed by atoms with Crippen molar-refractivity contribution in [2.45, 2.75) is 103 Å². The number of sulfonamides is 1. The zero-order chi connectivity index (χ0) is 27.8. The van der Waals surface area contributed by atoms with Crippen molar-refractivity contribution in [2.75, 3.05) is 43.9 Å². The normalized spacial score (nSPS) is 14.7. The van der Waals surface area contributed by atoms with Gasteiger partial charge in [0.15, 0.2) is 0 Å². The fourth-order valence-electron chi connectivity index (χ4n) is 5.18. The molecule has 1 aromatic heterocycles. The van der Waals surface area contributed by atoms with Crippen LogP contribution in [0.5, 0.6) is 5.75 Å². The van der Waals surface area contributed by atoms with Crippen LogP contribution < -0.4 is 9.64 Å². The van der Waals surface area contributed by atoms with Gasteiger partial charge in [-0.25, -0.2) is 13.4 Å². The Hall–Kier alpha value is -1.71. The number of piperazine rings is 1. The molecule has 1 aliphatic heterocycles. The van der Waals surface area contributed by atoms with Crippen molar-refractivity contribution in [1.29, 1.82) is 0 Å². The first-order valence-electron chi connectivity index (χ1n) is 15.2. The lowest BCUT2D eigenvalue weighted by atomic mass is 10.0. The smallest absolute Gasteiger partial charge is 0.214 e. The van der Waals surface area contributed by atoms with E-state index in [9.17, 15) is 8.42 Å². The number of unbranched alkanes of at least 4 members (excludes halogenated alkanes) is 13. The fourth-order valence-corrected chi connectivity index (χ4v) is 7.46. The van der Waals surface area contributed by atoms with Gasteiger partial charge in [-0.1, -0.05) is 103 Å². The van der Waals surface area contributed by atoms with E-state index in [1.165, 1.54) is 82.2 Å². The molecule has 1 aromatic carbocycles. The van der Waals surface area contributed by atoms with Crippen molar-refractivity contribution >= 4 is 26.7 Å². The van der Waals surface area contributed by atoms with Crippen molar-refractivity contribution in [2.24, 2.45) is 0 Å². The van der Waals surface area contributed by atoms with Gasteiger partial charge in [0.2, 0.25) is 15.2 Å². The van der Waals surface area contributed by atoms with Crippen LogP contribution in [-0.4, -0.2) is 61.1 Å². The van der Waals surface area contributed by atoms with Gasteiger partial charge in [0.1, 0.15) is 11.6 Å². The Morgan fingerprint density at radius 2 is 1.44 bits per heavy atom. The summed E-state index contributed by atoms with van der Waals surface area (Å²) in [4.78, 5) is 6.87. The van der Waals surface area contributed by atoms with Crippen molar-refractivity contribution in [3.05, 3.63) is 35.7 Å². The van der Waals surface area contributed by atoms with Gasteiger partial charge in [0, 0.05) is 44.1 Å². The molecule has 0 aliphatic carbocycles. The zero-order valence-electron chi connectivity index (χ0n) is 24.3. The maximum absolute atomic E-state index is 12.9. The zero-order valence-corrected chi connectivity index (χ0v) is 25.9. The number of anilines is 1. The van der Waals surface area contributed by atoms with E-state index in [-0.39, 0.29) is 5.75 Å². The molecule has 9 heteroatoms. The van der Waals surface area contributed by atoms with Crippen LogP contribution in [0.25, 0.3) is 0 Å². The Labute approximate surface area is 241 Å². The number of methoxy groups -OCH3 is 1. The van der Waals surface area contributed by atoms with Gasteiger partial charge in [0.25, 0.3) is 0 Å². The summed E-state index contributed by atoms with van der Waals surface area (Å²) in [5.74, 6) is 1.89. The highest BCUT2D eigenvalue weighted by atomic mass is 32.2. The summed E-state index contributed by atoms with van der Waals surface area (Å²) in [6.45, 7) is 4.62. The van der Waals surface area contributed by atoms with Gasteiger partial charge in [-0.2, -0.15) is 8.68 Å². The molecule has 7 nitrogen and oxygen atoms in total. The lowest BCUT2D eigenvalue weighted by molar-refractivity contribution is 0.383. The summed E-state index contributed by atoms with van der Waals surface area (Å²) >= 11 is 1.39. The third-order valence-corrected chi connectivity index (χ3v) is 10.4. The Bertz CT molecular complexity index is 1040. The highest BCUT2D eigenvalue weighted by molar-refractivity contribution is 7.89. The molecule has 1 saturated heterocycles. The fraction of sp³-hybridized carbons (Fsp3) is 0.733. The monoisotopic (exact) mass is 578 g/mol. The molecule has 0 radical (unpaired) electrons. The van der Waals surface area contributed by atoms with Crippen LogP contribution in [0.15, 0.2) is 24.3 Å². The molecule has 0 bridgehead atoms. The standard InChI is InChI=1S/C30H50N4O3S2/c1-3-4-5-6-7-8-9-10-11-12-13-14-15-16-24-39(35,36)34-22-20-33(21-23-34)30-31-29(32-38-30)26-27-18-17-19-28(25-27)37-2/h17-19,25H,3-16,20-24,26H2,1-2H3. The quantitative estimate of drug-likeness (QED) is 0.156. The maximum atomic E-state index is 12.9. The van der Waals surface area contributed by atoms with Crippen molar-refractivity contribution < 1.29 is 13.2 Å². The largest absolute Gasteiger partial charge is 0.497 e. The van der Waals surface area contributed by atoms with Gasteiger partial charge in [-0.15, -0.1) is 0 Å². The van der Waals surface area contributed by atoms with Gasteiger partial charge >= 0.3 is 0 Å². The average Bonchev–Trinajstić information content (AvgIpc) is 3.42. The van der Waals surface area contributed by atoms with Gasteiger partial charge in [0.05, 0.1) is 12.9 Å². The van der Waals surface area contributed by atoms with E-state index in [4.69, 9.17) is 9.72 Å². The van der Waals surface area contributed by atoms with Crippen LogP contribution in [0.3, 0.4) is 0 Å². The number of aromatic nitrogens is 2. The van der Waals surface area contributed by atoms with E-state index in [1.807, 2.05) is 24.3 Å². The van der Waals surface area contributed by atoms with E-state index < -0.39 is 10.0 Å². The second kappa shape index (κ2) is 17.9. The third-order valence-electron chi connectivity index (χ3n) is 7.61. The highest BCUT2D eigenvalue weighted by Gasteiger charge is 2.27. The molecule has 39 heavy (non-hydrogen) atoms. The van der Waals surface area contributed by atoms with E-state index in [1.54, 1.807) is 11.4 Å². The minimum Gasteiger partial charge on any atom is -0.497 e. The molecule has 0 atom stereocenters. The predicted octanol–water partition coefficient (Wildman–Crippen LogP) is 7.07. The second-order valence-electron chi connectivity index (χ2n) is 10.8. The number of ether oxygens (including phenoxy) is 1. The van der Waals surface area contributed by atoms with Gasteiger partial charge in [-0.3, -0.25) is 0 Å². The van der Waals surface area contributed by atoms with Crippen LogP contribution in [-0.2, 0) is 16.4 Å². The van der Waals surface area contributed by atoms with Crippen LogP contribution >= 0.6 is 11.5 Å². The summed E-state index contributed by atoms with van der Waals surface area (Å²) in [5, 5.41) is 0.872. The third kappa shape index (κ3) is 11.7. The van der Waals surface area contributed by atoms with E-state index in [0.29, 0.717) is 32.6 Å². The molecule has 0 amide bonds. The summed E-state index contributed by atoms with van der Waals surface area (Å²) in [6, 6.07) is 7.95. The molecule has 2 heterocycles. The first-order chi connectivity index (χ1) is 19.0. The first kappa shape index (κ1) is 31.8. The van der Waals surface area contributed by atoms with Gasteiger partial charge < -0.3 is 9.64 Å². The maximum Gasteiger partial charge on any atom is 0.214 e. The Morgan fingerprint density at radius 3 is 2.03 bits per heavy atom. The Kier molecular flexibility index (Phi) is 14.6. The average molecular weight is 579 g/mol. The number of hydrogen-bond donors (Lipinski definition) is 0. The molecule has 1 fully saturated rings. The molecule has 1 aliphatic rings. The van der Waals surface area contributed by atoms with Crippen molar-refractivity contribution in [3.63, 3.8) is 0 Å². The van der Waals surface area contributed by atoms with Crippen molar-refractivity contribution in [3.8, 4) is 5.75 Å². The molecule has 3 rings (SSSR count). The van der Waals surface area contributed by atoms with E-state index >= 15 is 0 Å². The lowest BCUT2D eigenvalue weighted by Gasteiger charge is -2.33. The lowest BCUT2D eigenvalue weighted by Crippen LogP contribution is -2.49. The van der Waals surface area contributed by atoms with E-state index in [0.717, 1.165) is 41.5 Å². The van der Waals surface area contributed by atoms with Crippen molar-refractivity contribution in [1.82, 2.24) is 13.7 Å². The van der Waals surface area contributed by atoms with Gasteiger partial charge in [-0.05, 0) is 24.1 Å². The minimum atomic E-state index is -3.19. The molecular weight excluding hydrogens is 528 g/mol. The number of rotatable bonds is 20. The van der Waals surface area contributed by atoms with E-state index in [2.05, 4.69) is 16.2 Å². The number of hydrogen-bond acceptors (Lipinski definition) is 7. The Balaban J connectivity index is 1.25. The molecule has 0 saturated carbocycles. The molecule has 0 spiro atoms. The summed E-state index contributed by atoms with van der Waals surface area (Å²) < 4.78 is 37.3. The second-order valence-corrected chi connectivity index (χ2v) is 13.6. The van der Waals surface area contributed by atoms with Crippen LogP contribution in [0.2, 0.25) is 0 Å². The SMILES string of the molecule is CCCCCCCCCCCCCCCCS(=O)(=O)N1CCN(c2nc(Cc3cccc(OC)c3)ns2)CC1. The molecule has 2 aromatic rings. The minimum absolute atomic E-state index is 0.272. The Morgan fingerprint density at radius 1 is 0.846 bits per heavy atom. The predicted molar refractivity (Wildman–Crippen MR) is 164 cm³/mol. The first-order valence-corrected chi connectivity index (χ1v) is 17.6. The summed E-state index contributed by atoms with van der Waals surface area (Å²) in [7, 11) is -1.52. The number of benzene rings is 1. The number of nitrogens with zero attached hydrogens (tertiary/aromatic N) is 4. The van der Waals surface area contributed by atoms with Crippen LogP contribution in [0, 0.1) is 0 Å². The molecular formula is C30H50N4O3S2. The molecule has 220 valence electrons. The highest BCUT2D eigenvalue weighted by Crippen LogP contribution is 2.23. The van der Waals surface area contributed by atoms with Crippen LogP contribution in [0.1, 0.15) is 108 Å². The summed E-state index contributed by atoms with van der Waals surface area (Å²) in [6.07, 6.45) is 18.5. The molecule has 0 N–H and O–H groups in total. The molecule has 0 unspecified atom stereocenters. The topological polar surface area (TPSA) is 75.6 Å². The van der Waals surface area contributed by atoms with Crippen LogP contribution in [0.4, 0.5) is 5.13 Å².